The molecule has 0 aromatic heterocycles. The number of benzene rings is 2. The number of rotatable bonds is 7. The molecule has 2 aromatic rings. The van der Waals surface area contributed by atoms with Crippen molar-refractivity contribution in [1.82, 2.24) is 0 Å². The molecule has 0 spiro atoms. The number of alkyl halides is 2. The third kappa shape index (κ3) is 5.01. The molecule has 6 nitrogen and oxygen atoms in total. The van der Waals surface area contributed by atoms with Gasteiger partial charge in [-0.1, -0.05) is 6.07 Å². The SMILES string of the molecule is COc1cc(C(=O)O[C@@H](C)C(=O)Nc2ccc3c(c2)CCC3)ccc1OC(F)F. The normalized spacial score (nSPS) is 13.6. The Morgan fingerprint density at radius 2 is 1.79 bits per heavy atom. The topological polar surface area (TPSA) is 73.9 Å². The molecular weight excluding hydrogens is 384 g/mol. The fourth-order valence-electron chi connectivity index (χ4n) is 3.16. The molecule has 0 saturated heterocycles. The van der Waals surface area contributed by atoms with E-state index in [2.05, 4.69) is 10.1 Å². The van der Waals surface area contributed by atoms with Crippen LogP contribution in [0, 0.1) is 0 Å². The number of carbonyl (C=O) groups is 2. The molecule has 1 N–H and O–H groups in total. The number of amides is 1. The number of anilines is 1. The third-order valence-corrected chi connectivity index (χ3v) is 4.63. The minimum absolute atomic E-state index is 0.0423. The number of esters is 1. The highest BCUT2D eigenvalue weighted by molar-refractivity contribution is 5.97. The predicted octanol–water partition coefficient (Wildman–Crippen LogP) is 3.97. The molecule has 0 saturated carbocycles. The number of fused-ring (bicyclic) bond motifs is 1. The van der Waals surface area contributed by atoms with Gasteiger partial charge in [0.1, 0.15) is 0 Å². The second kappa shape index (κ2) is 8.89. The summed E-state index contributed by atoms with van der Waals surface area (Å²) < 4.78 is 39.3. The highest BCUT2D eigenvalue weighted by Gasteiger charge is 2.21. The van der Waals surface area contributed by atoms with Crippen molar-refractivity contribution in [3.05, 3.63) is 53.1 Å². The van der Waals surface area contributed by atoms with Gasteiger partial charge in [0.05, 0.1) is 12.7 Å². The summed E-state index contributed by atoms with van der Waals surface area (Å²) >= 11 is 0. The van der Waals surface area contributed by atoms with Crippen molar-refractivity contribution < 1.29 is 32.6 Å². The molecule has 0 fully saturated rings. The summed E-state index contributed by atoms with van der Waals surface area (Å²) in [6.45, 7) is -1.57. The lowest BCUT2D eigenvalue weighted by atomic mass is 10.1. The van der Waals surface area contributed by atoms with E-state index in [0.717, 1.165) is 19.3 Å². The number of nitrogens with one attached hydrogen (secondary N) is 1. The van der Waals surface area contributed by atoms with E-state index >= 15 is 0 Å². The van der Waals surface area contributed by atoms with Crippen LogP contribution in [0.1, 0.15) is 34.8 Å². The molecule has 1 amide bonds. The van der Waals surface area contributed by atoms with Gasteiger partial charge in [0.25, 0.3) is 5.91 Å². The third-order valence-electron chi connectivity index (χ3n) is 4.63. The van der Waals surface area contributed by atoms with Crippen LogP contribution in [0.2, 0.25) is 0 Å². The highest BCUT2D eigenvalue weighted by atomic mass is 19.3. The van der Waals surface area contributed by atoms with Crippen molar-refractivity contribution in [1.29, 1.82) is 0 Å². The molecule has 29 heavy (non-hydrogen) atoms. The van der Waals surface area contributed by atoms with Crippen LogP contribution in [0.3, 0.4) is 0 Å². The van der Waals surface area contributed by atoms with E-state index in [0.29, 0.717) is 5.69 Å². The lowest BCUT2D eigenvalue weighted by Gasteiger charge is -2.15. The molecule has 0 heterocycles. The van der Waals surface area contributed by atoms with Crippen molar-refractivity contribution in [3.63, 3.8) is 0 Å². The number of methoxy groups -OCH3 is 1. The van der Waals surface area contributed by atoms with E-state index in [1.165, 1.54) is 43.4 Å². The van der Waals surface area contributed by atoms with E-state index in [4.69, 9.17) is 9.47 Å². The number of ether oxygens (including phenoxy) is 3. The maximum Gasteiger partial charge on any atom is 0.387 e. The molecule has 154 valence electrons. The van der Waals surface area contributed by atoms with Gasteiger partial charge in [0.2, 0.25) is 0 Å². The summed E-state index contributed by atoms with van der Waals surface area (Å²) in [7, 11) is 1.26. The lowest BCUT2D eigenvalue weighted by molar-refractivity contribution is -0.123. The smallest absolute Gasteiger partial charge is 0.387 e. The summed E-state index contributed by atoms with van der Waals surface area (Å²) in [6.07, 6.45) is 2.07. The Bertz CT molecular complexity index is 916. The van der Waals surface area contributed by atoms with Gasteiger partial charge >= 0.3 is 12.6 Å². The molecular formula is C21H21F2NO5. The number of halogens is 2. The van der Waals surface area contributed by atoms with Gasteiger partial charge < -0.3 is 19.5 Å². The van der Waals surface area contributed by atoms with E-state index < -0.39 is 24.6 Å². The van der Waals surface area contributed by atoms with Gasteiger partial charge in [-0.25, -0.2) is 4.79 Å². The first-order valence-corrected chi connectivity index (χ1v) is 9.14. The molecule has 0 radical (unpaired) electrons. The van der Waals surface area contributed by atoms with Gasteiger partial charge in [-0.05, 0) is 67.6 Å². The summed E-state index contributed by atoms with van der Waals surface area (Å²) in [6, 6.07) is 9.39. The second-order valence-electron chi connectivity index (χ2n) is 6.62. The average Bonchev–Trinajstić information content (AvgIpc) is 3.15. The van der Waals surface area contributed by atoms with Crippen molar-refractivity contribution in [3.8, 4) is 11.5 Å². The summed E-state index contributed by atoms with van der Waals surface area (Å²) in [5, 5.41) is 2.74. The van der Waals surface area contributed by atoms with Gasteiger partial charge in [0, 0.05) is 5.69 Å². The standard InChI is InChI=1S/C21H21F2NO5/c1-12(19(25)24-16-8-6-13-4-3-5-14(13)10-16)28-20(26)15-7-9-17(29-21(22)23)18(11-15)27-2/h6-12,21H,3-5H2,1-2H3,(H,24,25)/t12-/m0/s1. The molecule has 0 unspecified atom stereocenters. The Morgan fingerprint density at radius 1 is 1.03 bits per heavy atom. The first-order valence-electron chi connectivity index (χ1n) is 9.14. The Balaban J connectivity index is 1.63. The monoisotopic (exact) mass is 405 g/mol. The van der Waals surface area contributed by atoms with Gasteiger partial charge in [0.15, 0.2) is 17.6 Å². The fourth-order valence-corrected chi connectivity index (χ4v) is 3.16. The van der Waals surface area contributed by atoms with E-state index in [9.17, 15) is 18.4 Å². The van der Waals surface area contributed by atoms with Crippen LogP contribution < -0.4 is 14.8 Å². The predicted molar refractivity (Wildman–Crippen MR) is 102 cm³/mol. The van der Waals surface area contributed by atoms with Crippen LogP contribution in [0.5, 0.6) is 11.5 Å². The maximum atomic E-state index is 12.4. The Labute approximate surface area is 166 Å². The number of hydrogen-bond acceptors (Lipinski definition) is 5. The lowest BCUT2D eigenvalue weighted by Crippen LogP contribution is -2.30. The first-order chi connectivity index (χ1) is 13.9. The van der Waals surface area contributed by atoms with Crippen LogP contribution >= 0.6 is 0 Å². The van der Waals surface area contributed by atoms with E-state index in [1.807, 2.05) is 18.2 Å². The zero-order valence-corrected chi connectivity index (χ0v) is 16.0. The first kappa shape index (κ1) is 20.6. The molecule has 3 rings (SSSR count). The van der Waals surface area contributed by atoms with Gasteiger partial charge in [-0.3, -0.25) is 4.79 Å². The largest absolute Gasteiger partial charge is 0.493 e. The quantitative estimate of drug-likeness (QED) is 0.706. The molecule has 8 heteroatoms. The van der Waals surface area contributed by atoms with Crippen LogP contribution in [-0.2, 0) is 22.4 Å². The Morgan fingerprint density at radius 3 is 2.52 bits per heavy atom. The Hall–Kier alpha value is -3.16. The minimum Gasteiger partial charge on any atom is -0.493 e. The van der Waals surface area contributed by atoms with Crippen molar-refractivity contribution in [2.75, 3.05) is 12.4 Å². The minimum atomic E-state index is -3.02. The van der Waals surface area contributed by atoms with Crippen molar-refractivity contribution >= 4 is 17.6 Å². The molecule has 0 aliphatic heterocycles. The average molecular weight is 405 g/mol. The van der Waals surface area contributed by atoms with Crippen LogP contribution in [0.25, 0.3) is 0 Å². The molecule has 2 aromatic carbocycles. The Kier molecular flexibility index (Phi) is 6.31. The summed E-state index contributed by atoms with van der Waals surface area (Å²) in [5.41, 5.74) is 3.19. The van der Waals surface area contributed by atoms with Crippen molar-refractivity contribution in [2.45, 2.75) is 38.9 Å². The number of carbonyl (C=O) groups excluding carboxylic acids is 2. The molecule has 1 atom stereocenters. The zero-order chi connectivity index (χ0) is 21.0. The van der Waals surface area contributed by atoms with Crippen LogP contribution in [0.15, 0.2) is 36.4 Å². The number of hydrogen-bond donors (Lipinski definition) is 1. The molecule has 1 aliphatic carbocycles. The van der Waals surface area contributed by atoms with E-state index in [-0.39, 0.29) is 17.1 Å². The van der Waals surface area contributed by atoms with Crippen LogP contribution in [-0.4, -0.2) is 31.7 Å². The maximum absolute atomic E-state index is 12.4. The van der Waals surface area contributed by atoms with Gasteiger partial charge in [-0.15, -0.1) is 0 Å². The molecule has 1 aliphatic rings. The van der Waals surface area contributed by atoms with Crippen LogP contribution in [0.4, 0.5) is 14.5 Å². The van der Waals surface area contributed by atoms with Crippen molar-refractivity contribution in [2.24, 2.45) is 0 Å². The molecule has 0 bridgehead atoms. The highest BCUT2D eigenvalue weighted by Crippen LogP contribution is 2.30. The number of aryl methyl sites for hydroxylation is 2. The van der Waals surface area contributed by atoms with Gasteiger partial charge in [-0.2, -0.15) is 8.78 Å². The summed E-state index contributed by atoms with van der Waals surface area (Å²) in [5.74, 6) is -1.51. The summed E-state index contributed by atoms with van der Waals surface area (Å²) in [4.78, 5) is 24.7. The second-order valence-corrected chi connectivity index (χ2v) is 6.62. The fraction of sp³-hybridized carbons (Fsp3) is 0.333. The zero-order valence-electron chi connectivity index (χ0n) is 16.0. The van der Waals surface area contributed by atoms with E-state index in [1.54, 1.807) is 0 Å².